The van der Waals surface area contributed by atoms with Gasteiger partial charge in [0.25, 0.3) is 0 Å². The fourth-order valence-corrected chi connectivity index (χ4v) is 0.891. The summed E-state index contributed by atoms with van der Waals surface area (Å²) in [5.41, 5.74) is 5.37. The summed E-state index contributed by atoms with van der Waals surface area (Å²) in [4.78, 5) is 0. The van der Waals surface area contributed by atoms with Crippen LogP contribution in [0.4, 0.5) is 0 Å². The molecule has 0 saturated heterocycles. The van der Waals surface area contributed by atoms with Gasteiger partial charge in [-0.1, -0.05) is 0 Å². The lowest BCUT2D eigenvalue weighted by Crippen LogP contribution is -2.30. The fraction of sp³-hybridized carbons (Fsp3) is 1.00. The molecule has 2 heteroatoms. The minimum absolute atomic E-state index is 0.260. The van der Waals surface area contributed by atoms with Gasteiger partial charge in [0.15, 0.2) is 0 Å². The summed E-state index contributed by atoms with van der Waals surface area (Å²) < 4.78 is 5.51. The van der Waals surface area contributed by atoms with Gasteiger partial charge in [0.05, 0.1) is 12.2 Å². The Labute approximate surface area is 56.4 Å². The molecular weight excluding hydrogens is 114 g/mol. The van der Waals surface area contributed by atoms with E-state index in [4.69, 9.17) is 10.5 Å². The van der Waals surface area contributed by atoms with Gasteiger partial charge in [0, 0.05) is 6.54 Å². The van der Waals surface area contributed by atoms with Crippen LogP contribution in [0.2, 0.25) is 0 Å². The fourth-order valence-electron chi connectivity index (χ4n) is 0.891. The molecule has 0 spiro atoms. The lowest BCUT2D eigenvalue weighted by Gasteiger charge is -2.28. The molecule has 1 rings (SSSR count). The van der Waals surface area contributed by atoms with Crippen LogP contribution in [0.25, 0.3) is 0 Å². The molecule has 1 aliphatic carbocycles. The quantitative estimate of drug-likeness (QED) is 0.614. The first-order valence-corrected chi connectivity index (χ1v) is 3.68. The molecule has 1 atom stereocenters. The Bertz CT molecular complexity index is 78.2. The van der Waals surface area contributed by atoms with Crippen molar-refractivity contribution < 1.29 is 4.74 Å². The van der Waals surface area contributed by atoms with E-state index in [-0.39, 0.29) is 6.10 Å². The standard InChI is InChI=1S/C7H15NO/c1-6(5-8)9-7-3-2-4-7/h6-7H,2-5,8H2,1H3. The largest absolute Gasteiger partial charge is 0.374 e. The maximum atomic E-state index is 5.51. The van der Waals surface area contributed by atoms with Gasteiger partial charge >= 0.3 is 0 Å². The molecular formula is C7H15NO. The summed E-state index contributed by atoms with van der Waals surface area (Å²) in [6.45, 7) is 2.68. The molecule has 0 bridgehead atoms. The average molecular weight is 129 g/mol. The van der Waals surface area contributed by atoms with Crippen LogP contribution in [0.1, 0.15) is 26.2 Å². The third-order valence-electron chi connectivity index (χ3n) is 1.81. The first kappa shape index (κ1) is 7.03. The van der Waals surface area contributed by atoms with E-state index < -0.39 is 0 Å². The first-order valence-electron chi connectivity index (χ1n) is 3.68. The average Bonchev–Trinajstić information content (AvgIpc) is 1.78. The van der Waals surface area contributed by atoms with Gasteiger partial charge in [-0.3, -0.25) is 0 Å². The highest BCUT2D eigenvalue weighted by molar-refractivity contribution is 4.70. The third-order valence-corrected chi connectivity index (χ3v) is 1.81. The van der Waals surface area contributed by atoms with Gasteiger partial charge in [0.2, 0.25) is 0 Å². The summed E-state index contributed by atoms with van der Waals surface area (Å²) in [5, 5.41) is 0. The smallest absolute Gasteiger partial charge is 0.0672 e. The van der Waals surface area contributed by atoms with E-state index in [0.717, 1.165) is 0 Å². The van der Waals surface area contributed by atoms with E-state index >= 15 is 0 Å². The van der Waals surface area contributed by atoms with Crippen molar-refractivity contribution >= 4 is 0 Å². The minimum Gasteiger partial charge on any atom is -0.374 e. The molecule has 0 aromatic rings. The van der Waals surface area contributed by atoms with Gasteiger partial charge in [0.1, 0.15) is 0 Å². The van der Waals surface area contributed by atoms with Crippen LogP contribution in [-0.4, -0.2) is 18.8 Å². The van der Waals surface area contributed by atoms with Crippen molar-refractivity contribution in [3.05, 3.63) is 0 Å². The summed E-state index contributed by atoms with van der Waals surface area (Å²) in [6.07, 6.45) is 4.61. The SMILES string of the molecule is CC(CN)OC1CCC1. The van der Waals surface area contributed by atoms with Crippen molar-refractivity contribution in [2.75, 3.05) is 6.54 Å². The molecule has 1 unspecified atom stereocenters. The highest BCUT2D eigenvalue weighted by Crippen LogP contribution is 2.22. The number of hydrogen-bond acceptors (Lipinski definition) is 2. The van der Waals surface area contributed by atoms with E-state index in [1.807, 2.05) is 6.92 Å². The van der Waals surface area contributed by atoms with Crippen LogP contribution in [-0.2, 0) is 4.74 Å². The van der Waals surface area contributed by atoms with E-state index in [9.17, 15) is 0 Å². The normalized spacial score (nSPS) is 23.3. The molecule has 0 amide bonds. The molecule has 2 N–H and O–H groups in total. The first-order chi connectivity index (χ1) is 4.33. The van der Waals surface area contributed by atoms with Crippen LogP contribution in [0.15, 0.2) is 0 Å². The molecule has 54 valence electrons. The second kappa shape index (κ2) is 3.18. The van der Waals surface area contributed by atoms with E-state index in [0.29, 0.717) is 12.6 Å². The summed E-state index contributed by atoms with van der Waals surface area (Å²) in [7, 11) is 0. The van der Waals surface area contributed by atoms with Gasteiger partial charge < -0.3 is 10.5 Å². The van der Waals surface area contributed by atoms with Crippen LogP contribution >= 0.6 is 0 Å². The minimum atomic E-state index is 0.260. The Morgan fingerprint density at radius 1 is 1.67 bits per heavy atom. The Morgan fingerprint density at radius 2 is 2.33 bits per heavy atom. The Kier molecular flexibility index (Phi) is 2.49. The van der Waals surface area contributed by atoms with Crippen molar-refractivity contribution in [3.63, 3.8) is 0 Å². The van der Waals surface area contributed by atoms with Crippen molar-refractivity contribution in [1.82, 2.24) is 0 Å². The van der Waals surface area contributed by atoms with Gasteiger partial charge in [-0.15, -0.1) is 0 Å². The van der Waals surface area contributed by atoms with Crippen molar-refractivity contribution in [2.24, 2.45) is 5.73 Å². The summed E-state index contributed by atoms with van der Waals surface area (Å²) >= 11 is 0. The van der Waals surface area contributed by atoms with Crippen LogP contribution in [0.5, 0.6) is 0 Å². The summed E-state index contributed by atoms with van der Waals surface area (Å²) in [6, 6.07) is 0. The molecule has 0 aromatic heterocycles. The molecule has 0 radical (unpaired) electrons. The second-order valence-electron chi connectivity index (χ2n) is 2.74. The lowest BCUT2D eigenvalue weighted by atomic mass is 9.96. The zero-order valence-electron chi connectivity index (χ0n) is 5.97. The van der Waals surface area contributed by atoms with Crippen molar-refractivity contribution in [2.45, 2.75) is 38.4 Å². The molecule has 9 heavy (non-hydrogen) atoms. The molecule has 1 saturated carbocycles. The Hall–Kier alpha value is -0.0800. The number of hydrogen-bond donors (Lipinski definition) is 1. The highest BCUT2D eigenvalue weighted by atomic mass is 16.5. The van der Waals surface area contributed by atoms with Crippen LogP contribution < -0.4 is 5.73 Å². The molecule has 0 heterocycles. The molecule has 1 fully saturated rings. The number of rotatable bonds is 3. The van der Waals surface area contributed by atoms with Crippen molar-refractivity contribution in [3.8, 4) is 0 Å². The molecule has 0 aromatic carbocycles. The topological polar surface area (TPSA) is 35.2 Å². The zero-order chi connectivity index (χ0) is 6.69. The maximum absolute atomic E-state index is 5.51. The molecule has 1 aliphatic rings. The monoisotopic (exact) mass is 129 g/mol. The molecule has 2 nitrogen and oxygen atoms in total. The van der Waals surface area contributed by atoms with Gasteiger partial charge in [-0.2, -0.15) is 0 Å². The predicted octanol–water partition coefficient (Wildman–Crippen LogP) is 0.903. The molecule has 0 aliphatic heterocycles. The highest BCUT2D eigenvalue weighted by Gasteiger charge is 2.19. The Morgan fingerprint density at radius 3 is 2.67 bits per heavy atom. The van der Waals surface area contributed by atoms with E-state index in [1.54, 1.807) is 0 Å². The van der Waals surface area contributed by atoms with E-state index in [1.165, 1.54) is 19.3 Å². The second-order valence-corrected chi connectivity index (χ2v) is 2.74. The predicted molar refractivity (Wildman–Crippen MR) is 37.2 cm³/mol. The van der Waals surface area contributed by atoms with Crippen molar-refractivity contribution in [1.29, 1.82) is 0 Å². The third kappa shape index (κ3) is 1.95. The Balaban J connectivity index is 2.01. The summed E-state index contributed by atoms with van der Waals surface area (Å²) in [5.74, 6) is 0. The number of ether oxygens (including phenoxy) is 1. The maximum Gasteiger partial charge on any atom is 0.0672 e. The van der Waals surface area contributed by atoms with Crippen LogP contribution in [0.3, 0.4) is 0 Å². The van der Waals surface area contributed by atoms with Crippen LogP contribution in [0, 0.1) is 0 Å². The van der Waals surface area contributed by atoms with E-state index in [2.05, 4.69) is 0 Å². The zero-order valence-corrected chi connectivity index (χ0v) is 5.97. The van der Waals surface area contributed by atoms with Gasteiger partial charge in [-0.05, 0) is 26.2 Å². The van der Waals surface area contributed by atoms with Gasteiger partial charge in [-0.25, -0.2) is 0 Å². The number of nitrogens with two attached hydrogens (primary N) is 1. The lowest BCUT2D eigenvalue weighted by molar-refractivity contribution is -0.0386.